The van der Waals surface area contributed by atoms with Crippen LogP contribution in [0.3, 0.4) is 0 Å². The lowest BCUT2D eigenvalue weighted by atomic mass is 10.2. The molecule has 0 spiro atoms. The van der Waals surface area contributed by atoms with Crippen LogP contribution in [0.1, 0.15) is 0 Å². The summed E-state index contributed by atoms with van der Waals surface area (Å²) < 4.78 is 1.81. The average molecular weight is 259 g/mol. The summed E-state index contributed by atoms with van der Waals surface area (Å²) in [6.45, 7) is 0. The Balaban J connectivity index is 0.00000120. The number of benzene rings is 1. The highest BCUT2D eigenvalue weighted by Crippen LogP contribution is 2.09. The summed E-state index contributed by atoms with van der Waals surface area (Å²) in [4.78, 5) is 14.8. The van der Waals surface area contributed by atoms with Gasteiger partial charge in [-0.05, 0) is 6.07 Å². The summed E-state index contributed by atoms with van der Waals surface area (Å²) >= 11 is 0. The third kappa shape index (κ3) is 2.13. The second-order valence-electron chi connectivity index (χ2n) is 3.85. The Morgan fingerprint density at radius 1 is 0.944 bits per heavy atom. The van der Waals surface area contributed by atoms with E-state index in [-0.39, 0.29) is 18.0 Å². The maximum atomic E-state index is 12.0. The van der Waals surface area contributed by atoms with Crippen LogP contribution in [0.15, 0.2) is 65.7 Å². The highest BCUT2D eigenvalue weighted by atomic mass is 35.5. The van der Waals surface area contributed by atoms with Crippen LogP contribution >= 0.6 is 0 Å². The van der Waals surface area contributed by atoms with Gasteiger partial charge in [0.25, 0.3) is 5.69 Å². The quantitative estimate of drug-likeness (QED) is 0.548. The van der Waals surface area contributed by atoms with Gasteiger partial charge in [0.05, 0.1) is 0 Å². The van der Waals surface area contributed by atoms with Gasteiger partial charge in [-0.15, -0.1) is 0 Å². The second-order valence-corrected chi connectivity index (χ2v) is 3.85. The zero-order chi connectivity index (χ0) is 11.7. The van der Waals surface area contributed by atoms with Crippen molar-refractivity contribution in [2.45, 2.75) is 0 Å². The first-order chi connectivity index (χ1) is 8.34. The fraction of sp³-hybridized carbons (Fsp3) is 0. The fourth-order valence-corrected chi connectivity index (χ4v) is 1.89. The van der Waals surface area contributed by atoms with E-state index in [2.05, 4.69) is 4.98 Å². The van der Waals surface area contributed by atoms with Gasteiger partial charge in [0.15, 0.2) is 12.4 Å². The van der Waals surface area contributed by atoms with E-state index in [0.717, 1.165) is 10.9 Å². The molecule has 0 amide bonds. The molecule has 18 heavy (non-hydrogen) atoms. The number of aromatic amines is 1. The van der Waals surface area contributed by atoms with E-state index in [1.165, 1.54) is 0 Å². The van der Waals surface area contributed by atoms with Crippen molar-refractivity contribution in [3.63, 3.8) is 0 Å². The predicted octanol–water partition coefficient (Wildman–Crippen LogP) is -1.19. The minimum absolute atomic E-state index is 0. The van der Waals surface area contributed by atoms with Gasteiger partial charge in [0.1, 0.15) is 0 Å². The van der Waals surface area contributed by atoms with Crippen molar-refractivity contribution in [3.8, 4) is 5.69 Å². The fourth-order valence-electron chi connectivity index (χ4n) is 1.89. The van der Waals surface area contributed by atoms with Gasteiger partial charge in [-0.2, -0.15) is 4.57 Å². The van der Waals surface area contributed by atoms with E-state index in [9.17, 15) is 4.79 Å². The number of nitrogens with one attached hydrogen (secondary N) is 1. The Hall–Kier alpha value is -2.13. The Morgan fingerprint density at radius 2 is 1.67 bits per heavy atom. The summed E-state index contributed by atoms with van der Waals surface area (Å²) in [6, 6.07) is 15.4. The minimum Gasteiger partial charge on any atom is -1.00 e. The van der Waals surface area contributed by atoms with Crippen LogP contribution in [0.25, 0.3) is 16.6 Å². The summed E-state index contributed by atoms with van der Waals surface area (Å²) in [7, 11) is 0. The molecule has 0 radical (unpaired) electrons. The Kier molecular flexibility index (Phi) is 3.44. The highest BCUT2D eigenvalue weighted by molar-refractivity contribution is 5.79. The molecular weight excluding hydrogens is 248 g/mol. The van der Waals surface area contributed by atoms with E-state index in [1.807, 2.05) is 65.5 Å². The van der Waals surface area contributed by atoms with Gasteiger partial charge >= 0.3 is 5.56 Å². The number of halogens is 1. The molecule has 0 fully saturated rings. The molecule has 0 aliphatic heterocycles. The predicted molar refractivity (Wildman–Crippen MR) is 66.1 cm³/mol. The highest BCUT2D eigenvalue weighted by Gasteiger charge is 2.11. The molecule has 0 saturated heterocycles. The number of fused-ring (bicyclic) bond motifs is 1. The first kappa shape index (κ1) is 12.3. The average Bonchev–Trinajstić information content (AvgIpc) is 2.39. The van der Waals surface area contributed by atoms with E-state index < -0.39 is 0 Å². The van der Waals surface area contributed by atoms with E-state index in [0.29, 0.717) is 5.69 Å². The van der Waals surface area contributed by atoms with E-state index in [4.69, 9.17) is 0 Å². The van der Waals surface area contributed by atoms with Crippen molar-refractivity contribution >= 4 is 10.9 Å². The van der Waals surface area contributed by atoms with Crippen molar-refractivity contribution in [2.75, 3.05) is 0 Å². The van der Waals surface area contributed by atoms with Crippen LogP contribution < -0.4 is 22.5 Å². The zero-order valence-corrected chi connectivity index (χ0v) is 10.3. The number of pyridine rings is 2. The van der Waals surface area contributed by atoms with Gasteiger partial charge in [0.2, 0.25) is 0 Å². The Labute approximate surface area is 110 Å². The van der Waals surface area contributed by atoms with Crippen LogP contribution in [0.5, 0.6) is 0 Å². The largest absolute Gasteiger partial charge is 1.00 e. The third-order valence-electron chi connectivity index (χ3n) is 2.73. The van der Waals surface area contributed by atoms with Crippen LogP contribution in [0.4, 0.5) is 0 Å². The molecule has 3 rings (SSSR count). The van der Waals surface area contributed by atoms with Crippen molar-refractivity contribution in [3.05, 3.63) is 71.3 Å². The summed E-state index contributed by atoms with van der Waals surface area (Å²) in [6.07, 6.45) is 3.72. The Morgan fingerprint density at radius 3 is 2.44 bits per heavy atom. The molecule has 3 nitrogen and oxygen atoms in total. The molecule has 0 aliphatic rings. The maximum Gasteiger partial charge on any atom is 0.320 e. The van der Waals surface area contributed by atoms with Crippen molar-refractivity contribution in [1.82, 2.24) is 4.98 Å². The van der Waals surface area contributed by atoms with E-state index >= 15 is 0 Å². The SMILES string of the molecule is O=c1[nH]c2ccccc2cc1-[n+]1ccccc1.[Cl-]. The number of H-pyrrole nitrogens is 1. The smallest absolute Gasteiger partial charge is 0.320 e. The van der Waals surface area contributed by atoms with Crippen molar-refractivity contribution in [1.29, 1.82) is 0 Å². The van der Waals surface area contributed by atoms with Gasteiger partial charge < -0.3 is 17.4 Å². The molecule has 1 N–H and O–H groups in total. The molecule has 0 bridgehead atoms. The molecule has 0 atom stereocenters. The summed E-state index contributed by atoms with van der Waals surface area (Å²) in [5, 5.41) is 1.03. The molecule has 2 aromatic heterocycles. The van der Waals surface area contributed by atoms with Gasteiger partial charge in [-0.25, -0.2) is 0 Å². The first-order valence-electron chi connectivity index (χ1n) is 5.43. The van der Waals surface area contributed by atoms with Crippen molar-refractivity contribution in [2.24, 2.45) is 0 Å². The molecule has 0 saturated carbocycles. The third-order valence-corrected chi connectivity index (χ3v) is 2.73. The monoisotopic (exact) mass is 258 g/mol. The molecule has 2 heterocycles. The summed E-state index contributed by atoms with van der Waals surface area (Å²) in [5.74, 6) is 0. The molecule has 3 aromatic rings. The van der Waals surface area contributed by atoms with Gasteiger partial charge in [-0.1, -0.05) is 24.3 Å². The standard InChI is InChI=1S/C14H10N2O.ClH/c17-14-13(16-8-4-1-5-9-16)10-11-6-2-3-7-12(11)15-14;/h1-10H;1H. The molecule has 0 aliphatic carbocycles. The zero-order valence-electron chi connectivity index (χ0n) is 9.51. The van der Waals surface area contributed by atoms with Crippen LogP contribution in [-0.4, -0.2) is 4.98 Å². The van der Waals surface area contributed by atoms with E-state index in [1.54, 1.807) is 0 Å². The number of para-hydroxylation sites is 1. The molecule has 90 valence electrons. The molecule has 1 aromatic carbocycles. The number of aromatic nitrogens is 2. The van der Waals surface area contributed by atoms with Crippen molar-refractivity contribution < 1.29 is 17.0 Å². The Bertz CT molecular complexity index is 722. The summed E-state index contributed by atoms with van der Waals surface area (Å²) in [5.41, 5.74) is 1.40. The van der Waals surface area contributed by atoms with Gasteiger partial charge in [-0.3, -0.25) is 4.79 Å². The van der Waals surface area contributed by atoms with Crippen LogP contribution in [0, 0.1) is 0 Å². The first-order valence-corrected chi connectivity index (χ1v) is 5.43. The lowest BCUT2D eigenvalue weighted by Crippen LogP contribution is -3.00. The number of hydrogen-bond acceptors (Lipinski definition) is 1. The molecule has 4 heteroatoms. The lowest BCUT2D eigenvalue weighted by Gasteiger charge is -1.98. The molecular formula is C14H11ClN2O. The lowest BCUT2D eigenvalue weighted by molar-refractivity contribution is -0.596. The van der Waals surface area contributed by atoms with Crippen LogP contribution in [0.2, 0.25) is 0 Å². The van der Waals surface area contributed by atoms with Crippen LogP contribution in [-0.2, 0) is 0 Å². The number of nitrogens with zero attached hydrogens (tertiary/aromatic N) is 1. The normalized spacial score (nSPS) is 10.0. The van der Waals surface area contributed by atoms with Gasteiger partial charge in [0, 0.05) is 29.1 Å². The number of rotatable bonds is 1. The second kappa shape index (κ2) is 5.02. The maximum absolute atomic E-state index is 12.0. The molecule has 0 unspecified atom stereocenters. The minimum atomic E-state index is -0.0834. The number of hydrogen-bond donors (Lipinski definition) is 1. The topological polar surface area (TPSA) is 36.7 Å².